The Morgan fingerprint density at radius 2 is 1.10 bits per heavy atom. The predicted molar refractivity (Wildman–Crippen MR) is 123 cm³/mol. The molecule has 31 heavy (non-hydrogen) atoms. The SMILES string of the molecule is COc1ccc(-c2oc(-c3ccc(OC)c(O)c3)c(CC(C)C)c2CC(C)C)cc1O. The van der Waals surface area contributed by atoms with E-state index in [1.165, 1.54) is 14.2 Å². The summed E-state index contributed by atoms with van der Waals surface area (Å²) in [5.41, 5.74) is 3.86. The second kappa shape index (κ2) is 9.38. The Bertz CT molecular complexity index is 964. The van der Waals surface area contributed by atoms with Gasteiger partial charge in [0.05, 0.1) is 14.2 Å². The normalized spacial score (nSPS) is 11.4. The highest BCUT2D eigenvalue weighted by atomic mass is 16.5. The van der Waals surface area contributed by atoms with Gasteiger partial charge >= 0.3 is 0 Å². The van der Waals surface area contributed by atoms with Crippen LogP contribution in [-0.2, 0) is 12.8 Å². The van der Waals surface area contributed by atoms with Gasteiger partial charge in [-0.05, 0) is 61.1 Å². The molecule has 0 radical (unpaired) electrons. The first-order valence-electron chi connectivity index (χ1n) is 10.6. The Morgan fingerprint density at radius 3 is 1.39 bits per heavy atom. The maximum atomic E-state index is 10.3. The van der Waals surface area contributed by atoms with Gasteiger partial charge in [0.2, 0.25) is 0 Å². The largest absolute Gasteiger partial charge is 0.504 e. The lowest BCUT2D eigenvalue weighted by Gasteiger charge is -2.12. The monoisotopic (exact) mass is 424 g/mol. The van der Waals surface area contributed by atoms with Crippen LogP contribution in [0.3, 0.4) is 0 Å². The van der Waals surface area contributed by atoms with Crippen LogP contribution in [0.25, 0.3) is 22.6 Å². The lowest BCUT2D eigenvalue weighted by atomic mass is 9.90. The first kappa shape index (κ1) is 22.6. The zero-order valence-electron chi connectivity index (χ0n) is 19.2. The van der Waals surface area contributed by atoms with E-state index in [9.17, 15) is 10.2 Å². The molecular formula is C26H32O5. The molecule has 0 aliphatic heterocycles. The number of furan rings is 1. The van der Waals surface area contributed by atoms with E-state index in [-0.39, 0.29) is 11.5 Å². The summed E-state index contributed by atoms with van der Waals surface area (Å²) in [5, 5.41) is 20.7. The first-order valence-corrected chi connectivity index (χ1v) is 10.6. The molecule has 1 aromatic heterocycles. The van der Waals surface area contributed by atoms with Gasteiger partial charge in [-0.15, -0.1) is 0 Å². The summed E-state index contributed by atoms with van der Waals surface area (Å²) in [6.07, 6.45) is 1.69. The van der Waals surface area contributed by atoms with Crippen molar-refractivity contribution in [1.29, 1.82) is 0 Å². The van der Waals surface area contributed by atoms with E-state index in [2.05, 4.69) is 27.7 Å². The van der Waals surface area contributed by atoms with Gasteiger partial charge in [-0.3, -0.25) is 0 Å². The van der Waals surface area contributed by atoms with Crippen LogP contribution in [0.5, 0.6) is 23.0 Å². The van der Waals surface area contributed by atoms with Gasteiger partial charge in [0.15, 0.2) is 23.0 Å². The van der Waals surface area contributed by atoms with Crippen molar-refractivity contribution in [3.05, 3.63) is 47.5 Å². The Labute approximate surface area is 184 Å². The fourth-order valence-electron chi connectivity index (χ4n) is 3.88. The Morgan fingerprint density at radius 1 is 0.710 bits per heavy atom. The second-order valence-corrected chi connectivity index (χ2v) is 8.69. The summed E-state index contributed by atoms with van der Waals surface area (Å²) in [7, 11) is 3.06. The average molecular weight is 425 g/mol. The average Bonchev–Trinajstić information content (AvgIpc) is 3.04. The van der Waals surface area contributed by atoms with Crippen molar-refractivity contribution in [3.63, 3.8) is 0 Å². The first-order chi connectivity index (χ1) is 14.7. The molecule has 0 aliphatic carbocycles. The lowest BCUT2D eigenvalue weighted by molar-refractivity contribution is 0.373. The number of ether oxygens (including phenoxy) is 2. The molecule has 0 fully saturated rings. The molecule has 2 N–H and O–H groups in total. The van der Waals surface area contributed by atoms with E-state index in [1.807, 2.05) is 12.1 Å². The van der Waals surface area contributed by atoms with Crippen LogP contribution < -0.4 is 9.47 Å². The van der Waals surface area contributed by atoms with Crippen LogP contribution in [0.15, 0.2) is 40.8 Å². The molecule has 5 heteroatoms. The van der Waals surface area contributed by atoms with E-state index in [1.54, 1.807) is 24.3 Å². The number of rotatable bonds is 8. The molecule has 3 rings (SSSR count). The zero-order chi connectivity index (χ0) is 22.7. The quantitative estimate of drug-likeness (QED) is 0.435. The van der Waals surface area contributed by atoms with E-state index >= 15 is 0 Å². The standard InChI is InChI=1S/C26H32O5/c1-15(2)11-19-20(12-16(3)4)26(18-8-10-24(30-6)22(28)14-18)31-25(19)17-7-9-23(29-5)21(27)13-17/h7-10,13-16,27-28H,11-12H2,1-6H3. The minimum atomic E-state index is 0.0703. The van der Waals surface area contributed by atoms with E-state index in [4.69, 9.17) is 13.9 Å². The molecule has 0 unspecified atom stereocenters. The van der Waals surface area contributed by atoms with Crippen LogP contribution in [0, 0.1) is 11.8 Å². The fourth-order valence-corrected chi connectivity index (χ4v) is 3.88. The van der Waals surface area contributed by atoms with Gasteiger partial charge in [-0.1, -0.05) is 27.7 Å². The Kier molecular flexibility index (Phi) is 6.84. The van der Waals surface area contributed by atoms with Crippen LogP contribution >= 0.6 is 0 Å². The number of methoxy groups -OCH3 is 2. The van der Waals surface area contributed by atoms with Gasteiger partial charge < -0.3 is 24.1 Å². The van der Waals surface area contributed by atoms with Crippen molar-refractivity contribution in [1.82, 2.24) is 0 Å². The number of hydrogen-bond acceptors (Lipinski definition) is 5. The van der Waals surface area contributed by atoms with Gasteiger partial charge in [0.1, 0.15) is 11.5 Å². The molecule has 3 aromatic rings. The molecule has 0 saturated carbocycles. The molecule has 2 aromatic carbocycles. The molecule has 0 saturated heterocycles. The van der Waals surface area contributed by atoms with Crippen LogP contribution in [0.1, 0.15) is 38.8 Å². The molecule has 5 nitrogen and oxygen atoms in total. The summed E-state index contributed by atoms with van der Waals surface area (Å²) < 4.78 is 16.9. The van der Waals surface area contributed by atoms with Crippen molar-refractivity contribution < 1.29 is 24.1 Å². The summed E-state index contributed by atoms with van der Waals surface area (Å²) in [6.45, 7) is 8.72. The minimum Gasteiger partial charge on any atom is -0.504 e. The highest BCUT2D eigenvalue weighted by Crippen LogP contribution is 2.43. The molecule has 0 atom stereocenters. The number of hydrogen-bond donors (Lipinski definition) is 2. The molecular weight excluding hydrogens is 392 g/mol. The van der Waals surface area contributed by atoms with Crippen molar-refractivity contribution in [2.75, 3.05) is 14.2 Å². The maximum Gasteiger partial charge on any atom is 0.160 e. The third kappa shape index (κ3) is 4.82. The Hall–Kier alpha value is -3.08. The number of aromatic hydroxyl groups is 2. The number of phenols is 2. The van der Waals surface area contributed by atoms with Gasteiger partial charge in [-0.2, -0.15) is 0 Å². The highest BCUT2D eigenvalue weighted by Gasteiger charge is 2.25. The van der Waals surface area contributed by atoms with E-state index < -0.39 is 0 Å². The van der Waals surface area contributed by atoms with Crippen LogP contribution in [0.2, 0.25) is 0 Å². The van der Waals surface area contributed by atoms with E-state index in [0.717, 1.165) is 46.6 Å². The third-order valence-electron chi connectivity index (χ3n) is 5.22. The topological polar surface area (TPSA) is 72.1 Å². The van der Waals surface area contributed by atoms with Gasteiger partial charge in [0, 0.05) is 22.3 Å². The number of benzene rings is 2. The van der Waals surface area contributed by atoms with E-state index in [0.29, 0.717) is 23.3 Å². The summed E-state index contributed by atoms with van der Waals surface area (Å²) in [5.74, 6) is 3.31. The van der Waals surface area contributed by atoms with Gasteiger partial charge in [0.25, 0.3) is 0 Å². The van der Waals surface area contributed by atoms with Crippen LogP contribution in [0.4, 0.5) is 0 Å². The Balaban J connectivity index is 2.25. The van der Waals surface area contributed by atoms with Crippen molar-refractivity contribution in [2.24, 2.45) is 11.8 Å². The molecule has 0 bridgehead atoms. The smallest absolute Gasteiger partial charge is 0.160 e. The summed E-state index contributed by atoms with van der Waals surface area (Å²) >= 11 is 0. The van der Waals surface area contributed by atoms with Gasteiger partial charge in [-0.25, -0.2) is 0 Å². The molecule has 0 amide bonds. The zero-order valence-corrected chi connectivity index (χ0v) is 19.2. The summed E-state index contributed by atoms with van der Waals surface area (Å²) in [4.78, 5) is 0. The molecule has 0 aliphatic rings. The highest BCUT2D eigenvalue weighted by molar-refractivity contribution is 5.75. The molecule has 166 valence electrons. The minimum absolute atomic E-state index is 0.0703. The lowest BCUT2D eigenvalue weighted by Crippen LogP contribution is -2.02. The third-order valence-corrected chi connectivity index (χ3v) is 5.22. The maximum absolute atomic E-state index is 10.3. The van der Waals surface area contributed by atoms with Crippen molar-refractivity contribution in [2.45, 2.75) is 40.5 Å². The van der Waals surface area contributed by atoms with Crippen molar-refractivity contribution in [3.8, 4) is 45.6 Å². The molecule has 1 heterocycles. The fraction of sp³-hybridized carbons (Fsp3) is 0.385. The van der Waals surface area contributed by atoms with Crippen LogP contribution in [-0.4, -0.2) is 24.4 Å². The molecule has 0 spiro atoms. The second-order valence-electron chi connectivity index (χ2n) is 8.69. The number of phenolic OH excluding ortho intramolecular Hbond substituents is 2. The summed E-state index contributed by atoms with van der Waals surface area (Å²) in [6, 6.07) is 10.6. The van der Waals surface area contributed by atoms with Crippen molar-refractivity contribution >= 4 is 0 Å². The predicted octanol–water partition coefficient (Wildman–Crippen LogP) is 6.44.